The van der Waals surface area contributed by atoms with E-state index in [1.807, 2.05) is 25.2 Å². The van der Waals surface area contributed by atoms with E-state index in [4.69, 9.17) is 4.42 Å². The first-order chi connectivity index (χ1) is 20.8. The predicted octanol–water partition coefficient (Wildman–Crippen LogP) is 6.58. The highest BCUT2D eigenvalue weighted by Gasteiger charge is 2.45. The summed E-state index contributed by atoms with van der Waals surface area (Å²) in [6.45, 7) is 0. The third-order valence-electron chi connectivity index (χ3n) is 9.57. The summed E-state index contributed by atoms with van der Waals surface area (Å²) in [6.07, 6.45) is 10.2. The van der Waals surface area contributed by atoms with Crippen LogP contribution in [0.3, 0.4) is 0 Å². The van der Waals surface area contributed by atoms with Crippen molar-refractivity contribution in [2.75, 3.05) is 5.32 Å². The number of carbonyl (C=O) groups is 3. The molecule has 3 N–H and O–H groups in total. The van der Waals surface area contributed by atoms with Crippen LogP contribution in [0.5, 0.6) is 0 Å². The summed E-state index contributed by atoms with van der Waals surface area (Å²) in [4.78, 5) is 38.7. The lowest BCUT2D eigenvalue weighted by molar-refractivity contribution is -0.125. The minimum atomic E-state index is -1.01. The molecule has 43 heavy (non-hydrogen) atoms. The molecule has 2 aliphatic rings. The Hall–Kier alpha value is -4.79. The van der Waals surface area contributed by atoms with Crippen molar-refractivity contribution in [3.05, 3.63) is 77.9 Å². The van der Waals surface area contributed by atoms with Crippen LogP contribution in [0.4, 0.5) is 5.69 Å². The average molecular weight is 579 g/mol. The first-order valence-electron chi connectivity index (χ1n) is 14.9. The number of carboxylic acid groups (broad SMARTS) is 1. The molecule has 2 aliphatic carbocycles. The zero-order valence-electron chi connectivity index (χ0n) is 24.3. The number of hydrogen-bond donors (Lipinski definition) is 3. The average Bonchev–Trinajstić information content (AvgIpc) is 3.77. The lowest BCUT2D eigenvalue weighted by Crippen LogP contribution is -2.61. The van der Waals surface area contributed by atoms with E-state index in [1.165, 1.54) is 18.4 Å². The van der Waals surface area contributed by atoms with E-state index in [9.17, 15) is 19.5 Å². The summed E-state index contributed by atoms with van der Waals surface area (Å²) in [5.41, 5.74) is 5.45. The van der Waals surface area contributed by atoms with Gasteiger partial charge in [-0.2, -0.15) is 0 Å². The number of aromatic carboxylic acids is 1. The number of nitrogens with zero attached hydrogens (tertiary/aromatic N) is 2. The standard InChI is InChI=1S/C34H34N4O5/c1-37-26-11-9-24(16-23(26)18-28(37)32(40)41)35-33(42)34(13-5-14-34)36-31(39)21-8-10-25-27(17-21)38(2)30(22-12-15-43-19-22)29(25)20-6-3-4-7-20/h8-12,15-20H,3-7,13-14H2,1-2H3,(H,35,42)(H,36,39)(H,40,41). The third-order valence-corrected chi connectivity index (χ3v) is 9.57. The van der Waals surface area contributed by atoms with Gasteiger partial charge in [-0.25, -0.2) is 4.79 Å². The highest BCUT2D eigenvalue weighted by molar-refractivity contribution is 6.07. The number of rotatable bonds is 7. The molecular formula is C34H34N4O5. The Bertz CT molecular complexity index is 1900. The maximum Gasteiger partial charge on any atom is 0.352 e. The monoisotopic (exact) mass is 578 g/mol. The lowest BCUT2D eigenvalue weighted by Gasteiger charge is -2.40. The normalized spacial score (nSPS) is 16.4. The van der Waals surface area contributed by atoms with Crippen LogP contribution in [-0.4, -0.2) is 37.6 Å². The molecule has 0 unspecified atom stereocenters. The second kappa shape index (κ2) is 10.2. The number of furan rings is 1. The highest BCUT2D eigenvalue weighted by Crippen LogP contribution is 2.45. The number of fused-ring (bicyclic) bond motifs is 2. The molecule has 2 saturated carbocycles. The number of carboxylic acids is 1. The van der Waals surface area contributed by atoms with Crippen LogP contribution in [0.1, 0.15) is 77.3 Å². The molecule has 0 saturated heterocycles. The molecule has 3 heterocycles. The maximum atomic E-state index is 13.6. The molecule has 9 nitrogen and oxygen atoms in total. The number of carbonyl (C=O) groups excluding carboxylic acids is 2. The zero-order chi connectivity index (χ0) is 29.9. The van der Waals surface area contributed by atoms with Gasteiger partial charge in [0.1, 0.15) is 11.2 Å². The number of hydrogen-bond acceptors (Lipinski definition) is 4. The quantitative estimate of drug-likeness (QED) is 0.202. The zero-order valence-corrected chi connectivity index (χ0v) is 24.3. The minimum absolute atomic E-state index is 0.170. The van der Waals surface area contributed by atoms with Crippen LogP contribution < -0.4 is 10.6 Å². The first kappa shape index (κ1) is 27.1. The summed E-state index contributed by atoms with van der Waals surface area (Å²) in [7, 11) is 3.73. The fourth-order valence-electron chi connectivity index (χ4n) is 7.09. The Labute approximate surface area is 248 Å². The second-order valence-corrected chi connectivity index (χ2v) is 12.1. The Morgan fingerprint density at radius 2 is 1.72 bits per heavy atom. The molecule has 0 spiro atoms. The van der Waals surface area contributed by atoms with Gasteiger partial charge in [-0.1, -0.05) is 18.9 Å². The number of aryl methyl sites for hydroxylation is 2. The summed E-state index contributed by atoms with van der Waals surface area (Å²) in [5, 5.41) is 17.3. The maximum absolute atomic E-state index is 13.6. The van der Waals surface area contributed by atoms with Gasteiger partial charge in [0, 0.05) is 52.7 Å². The van der Waals surface area contributed by atoms with Crippen LogP contribution in [0, 0.1) is 0 Å². The van der Waals surface area contributed by atoms with Crippen LogP contribution in [0.15, 0.2) is 65.5 Å². The van der Waals surface area contributed by atoms with Crippen LogP contribution in [0.25, 0.3) is 33.1 Å². The number of anilines is 1. The second-order valence-electron chi connectivity index (χ2n) is 12.1. The van der Waals surface area contributed by atoms with Crippen LogP contribution in [0.2, 0.25) is 0 Å². The van der Waals surface area contributed by atoms with Crippen molar-refractivity contribution in [3.8, 4) is 11.3 Å². The van der Waals surface area contributed by atoms with Gasteiger partial charge in [0.2, 0.25) is 5.91 Å². The van der Waals surface area contributed by atoms with Gasteiger partial charge in [0.05, 0.1) is 18.2 Å². The van der Waals surface area contributed by atoms with Gasteiger partial charge in [-0.05, 0) is 86.1 Å². The highest BCUT2D eigenvalue weighted by atomic mass is 16.4. The molecular weight excluding hydrogens is 544 g/mol. The van der Waals surface area contributed by atoms with Crippen molar-refractivity contribution in [2.45, 2.75) is 56.4 Å². The fourth-order valence-corrected chi connectivity index (χ4v) is 7.09. The largest absolute Gasteiger partial charge is 0.477 e. The Kier molecular flexibility index (Phi) is 6.41. The molecule has 2 aromatic carbocycles. The summed E-state index contributed by atoms with van der Waals surface area (Å²) < 4.78 is 9.20. The molecule has 2 amide bonds. The third kappa shape index (κ3) is 4.42. The van der Waals surface area contributed by atoms with E-state index >= 15 is 0 Å². The van der Waals surface area contributed by atoms with Gasteiger partial charge in [0.25, 0.3) is 5.91 Å². The molecule has 5 aromatic rings. The fraction of sp³-hybridized carbons (Fsp3) is 0.324. The summed E-state index contributed by atoms with van der Waals surface area (Å²) in [5.74, 6) is -1.09. The molecule has 0 aliphatic heterocycles. The molecule has 2 fully saturated rings. The van der Waals surface area contributed by atoms with E-state index in [-0.39, 0.29) is 17.5 Å². The molecule has 0 atom stereocenters. The molecule has 9 heteroatoms. The minimum Gasteiger partial charge on any atom is -0.477 e. The van der Waals surface area contributed by atoms with E-state index in [0.717, 1.165) is 46.9 Å². The van der Waals surface area contributed by atoms with Crippen molar-refractivity contribution in [1.82, 2.24) is 14.5 Å². The van der Waals surface area contributed by atoms with Crippen molar-refractivity contribution >= 4 is 45.3 Å². The van der Waals surface area contributed by atoms with Crippen molar-refractivity contribution in [1.29, 1.82) is 0 Å². The van der Waals surface area contributed by atoms with E-state index < -0.39 is 11.5 Å². The summed E-state index contributed by atoms with van der Waals surface area (Å²) in [6, 6.07) is 14.7. The number of benzene rings is 2. The van der Waals surface area contributed by atoms with Crippen molar-refractivity contribution < 1.29 is 23.9 Å². The van der Waals surface area contributed by atoms with Crippen LogP contribution >= 0.6 is 0 Å². The molecule has 3 aromatic heterocycles. The molecule has 0 bridgehead atoms. The Balaban J connectivity index is 1.16. The summed E-state index contributed by atoms with van der Waals surface area (Å²) >= 11 is 0. The number of amides is 2. The predicted molar refractivity (Wildman–Crippen MR) is 164 cm³/mol. The van der Waals surface area contributed by atoms with Gasteiger partial charge < -0.3 is 29.3 Å². The molecule has 7 rings (SSSR count). The molecule has 0 radical (unpaired) electrons. The van der Waals surface area contributed by atoms with Gasteiger partial charge in [0.15, 0.2) is 0 Å². The number of aromatic nitrogens is 2. The topological polar surface area (TPSA) is 118 Å². The van der Waals surface area contributed by atoms with Crippen LogP contribution in [-0.2, 0) is 18.9 Å². The van der Waals surface area contributed by atoms with E-state index in [1.54, 1.807) is 48.4 Å². The SMILES string of the molecule is Cn1c(C(=O)O)cc2cc(NC(=O)C3(NC(=O)c4ccc5c(C6CCCC6)c(-c6ccoc6)n(C)c5c4)CCC3)ccc21. The smallest absolute Gasteiger partial charge is 0.352 e. The lowest BCUT2D eigenvalue weighted by atomic mass is 9.75. The first-order valence-corrected chi connectivity index (χ1v) is 14.9. The Morgan fingerprint density at radius 3 is 2.40 bits per heavy atom. The van der Waals surface area contributed by atoms with Gasteiger partial charge >= 0.3 is 5.97 Å². The van der Waals surface area contributed by atoms with Gasteiger partial charge in [-0.3, -0.25) is 9.59 Å². The molecule has 220 valence electrons. The Morgan fingerprint density at radius 1 is 0.930 bits per heavy atom. The van der Waals surface area contributed by atoms with Gasteiger partial charge in [-0.15, -0.1) is 0 Å². The van der Waals surface area contributed by atoms with Crippen molar-refractivity contribution in [2.24, 2.45) is 14.1 Å². The van der Waals surface area contributed by atoms with E-state index in [2.05, 4.69) is 21.3 Å². The van der Waals surface area contributed by atoms with E-state index in [0.29, 0.717) is 35.4 Å². The number of nitrogens with one attached hydrogen (secondary N) is 2. The van der Waals surface area contributed by atoms with Crippen molar-refractivity contribution in [3.63, 3.8) is 0 Å².